The van der Waals surface area contributed by atoms with E-state index in [4.69, 9.17) is 10.3 Å². The van der Waals surface area contributed by atoms with Crippen molar-refractivity contribution < 1.29 is 9.63 Å². The van der Waals surface area contributed by atoms with Crippen molar-refractivity contribution >= 4 is 11.3 Å². The molecule has 5 nitrogen and oxygen atoms in total. The summed E-state index contributed by atoms with van der Waals surface area (Å²) in [6.45, 7) is 0. The van der Waals surface area contributed by atoms with Crippen LogP contribution in [0.15, 0.2) is 46.3 Å². The Morgan fingerprint density at radius 2 is 2.16 bits per heavy atom. The summed E-state index contributed by atoms with van der Waals surface area (Å²) in [4.78, 5) is 5.23. The van der Waals surface area contributed by atoms with Gasteiger partial charge in [0.15, 0.2) is 0 Å². The molecule has 0 aliphatic carbocycles. The molecule has 96 valence electrons. The van der Waals surface area contributed by atoms with Gasteiger partial charge in [0.1, 0.15) is 11.8 Å². The summed E-state index contributed by atoms with van der Waals surface area (Å²) in [5, 5.41) is 15.3. The van der Waals surface area contributed by atoms with Crippen molar-refractivity contribution in [2.24, 2.45) is 5.73 Å². The maximum atomic E-state index is 9.43. The first-order chi connectivity index (χ1) is 9.24. The number of aromatic hydroxyl groups is 1. The highest BCUT2D eigenvalue weighted by atomic mass is 32.1. The number of nitrogens with zero attached hydrogens (tertiary/aromatic N) is 2. The highest BCUT2D eigenvalue weighted by molar-refractivity contribution is 7.10. The Morgan fingerprint density at radius 1 is 1.26 bits per heavy atom. The summed E-state index contributed by atoms with van der Waals surface area (Å²) in [5.41, 5.74) is 6.74. The fourth-order valence-electron chi connectivity index (χ4n) is 1.71. The molecule has 0 aliphatic heterocycles. The quantitative estimate of drug-likeness (QED) is 0.766. The Morgan fingerprint density at radius 3 is 2.89 bits per heavy atom. The molecule has 0 saturated carbocycles. The lowest BCUT2D eigenvalue weighted by molar-refractivity contribution is 0.368. The highest BCUT2D eigenvalue weighted by Crippen LogP contribution is 2.25. The van der Waals surface area contributed by atoms with Gasteiger partial charge < -0.3 is 15.4 Å². The van der Waals surface area contributed by atoms with Gasteiger partial charge in [0.25, 0.3) is 0 Å². The molecule has 3 aromatic rings. The standard InChI is InChI=1S/C13H11N3O2S/c14-11(10-5-2-6-19-10)13-15-12(16-18-13)8-3-1-4-9(17)7-8/h1-7,11,17H,14H2. The number of phenols is 1. The minimum Gasteiger partial charge on any atom is -0.508 e. The van der Waals surface area contributed by atoms with Gasteiger partial charge in [-0.15, -0.1) is 11.3 Å². The number of benzene rings is 1. The lowest BCUT2D eigenvalue weighted by Crippen LogP contribution is -2.10. The summed E-state index contributed by atoms with van der Waals surface area (Å²) in [5.74, 6) is 0.935. The van der Waals surface area contributed by atoms with Crippen LogP contribution in [-0.2, 0) is 0 Å². The van der Waals surface area contributed by atoms with Crippen molar-refractivity contribution in [3.05, 3.63) is 52.5 Å². The number of hydrogen-bond acceptors (Lipinski definition) is 6. The van der Waals surface area contributed by atoms with E-state index in [1.54, 1.807) is 35.6 Å². The van der Waals surface area contributed by atoms with Gasteiger partial charge in [0.05, 0.1) is 0 Å². The van der Waals surface area contributed by atoms with E-state index in [1.807, 2.05) is 17.5 Å². The molecule has 0 bridgehead atoms. The second-order valence-electron chi connectivity index (χ2n) is 4.00. The number of hydrogen-bond donors (Lipinski definition) is 2. The van der Waals surface area contributed by atoms with Crippen LogP contribution in [0, 0.1) is 0 Å². The first kappa shape index (κ1) is 11.9. The largest absolute Gasteiger partial charge is 0.508 e. The summed E-state index contributed by atoms with van der Waals surface area (Å²) in [6, 6.07) is 10.1. The normalized spacial score (nSPS) is 12.5. The second-order valence-corrected chi connectivity index (χ2v) is 4.98. The van der Waals surface area contributed by atoms with E-state index in [0.717, 1.165) is 4.88 Å². The maximum absolute atomic E-state index is 9.43. The van der Waals surface area contributed by atoms with Crippen LogP contribution in [0.5, 0.6) is 5.75 Å². The number of nitrogens with two attached hydrogens (primary N) is 1. The predicted octanol–water partition coefficient (Wildman–Crippen LogP) is 2.55. The topological polar surface area (TPSA) is 85.2 Å². The van der Waals surface area contributed by atoms with Crippen LogP contribution < -0.4 is 5.73 Å². The summed E-state index contributed by atoms with van der Waals surface area (Å²) in [7, 11) is 0. The van der Waals surface area contributed by atoms with Gasteiger partial charge in [-0.2, -0.15) is 4.98 Å². The van der Waals surface area contributed by atoms with Crippen molar-refractivity contribution in [3.63, 3.8) is 0 Å². The first-order valence-corrected chi connectivity index (χ1v) is 6.54. The molecule has 1 aromatic carbocycles. The molecule has 0 radical (unpaired) electrons. The monoisotopic (exact) mass is 273 g/mol. The number of rotatable bonds is 3. The summed E-state index contributed by atoms with van der Waals surface area (Å²) >= 11 is 1.54. The van der Waals surface area contributed by atoms with E-state index in [-0.39, 0.29) is 5.75 Å². The summed E-state index contributed by atoms with van der Waals surface area (Å²) < 4.78 is 5.18. The van der Waals surface area contributed by atoms with Gasteiger partial charge in [0.2, 0.25) is 11.7 Å². The molecule has 1 unspecified atom stereocenters. The van der Waals surface area contributed by atoms with Crippen LogP contribution in [0.3, 0.4) is 0 Å². The molecule has 1 atom stereocenters. The Labute approximate surface area is 113 Å². The fourth-order valence-corrected chi connectivity index (χ4v) is 2.43. The molecule has 3 rings (SSSR count). The number of phenolic OH excluding ortho intramolecular Hbond substituents is 1. The molecule has 0 aliphatic rings. The molecular weight excluding hydrogens is 262 g/mol. The number of aromatic nitrogens is 2. The van der Waals surface area contributed by atoms with Crippen LogP contribution in [0.25, 0.3) is 11.4 Å². The molecule has 0 spiro atoms. The number of thiophene rings is 1. The Balaban J connectivity index is 1.91. The van der Waals surface area contributed by atoms with E-state index in [0.29, 0.717) is 17.3 Å². The maximum Gasteiger partial charge on any atom is 0.249 e. The van der Waals surface area contributed by atoms with Gasteiger partial charge in [-0.1, -0.05) is 23.4 Å². The van der Waals surface area contributed by atoms with Crippen molar-refractivity contribution in [1.29, 1.82) is 0 Å². The third-order valence-electron chi connectivity index (χ3n) is 2.66. The van der Waals surface area contributed by atoms with E-state index >= 15 is 0 Å². The summed E-state index contributed by atoms with van der Waals surface area (Å²) in [6.07, 6.45) is 0. The van der Waals surface area contributed by atoms with Gasteiger partial charge in [0, 0.05) is 10.4 Å². The minimum atomic E-state index is -0.418. The van der Waals surface area contributed by atoms with Gasteiger partial charge in [-0.25, -0.2) is 0 Å². The van der Waals surface area contributed by atoms with Gasteiger partial charge in [-0.05, 0) is 23.6 Å². The van der Waals surface area contributed by atoms with Crippen LogP contribution in [0.2, 0.25) is 0 Å². The lowest BCUT2D eigenvalue weighted by Gasteiger charge is -2.01. The van der Waals surface area contributed by atoms with Crippen LogP contribution in [-0.4, -0.2) is 15.2 Å². The molecule has 0 amide bonds. The molecule has 2 heterocycles. The molecule has 0 saturated heterocycles. The highest BCUT2D eigenvalue weighted by Gasteiger charge is 2.18. The van der Waals surface area contributed by atoms with Gasteiger partial charge >= 0.3 is 0 Å². The second kappa shape index (κ2) is 4.83. The van der Waals surface area contributed by atoms with E-state index < -0.39 is 6.04 Å². The lowest BCUT2D eigenvalue weighted by atomic mass is 10.2. The molecular formula is C13H11N3O2S. The third-order valence-corrected chi connectivity index (χ3v) is 3.62. The van der Waals surface area contributed by atoms with Crippen molar-refractivity contribution in [1.82, 2.24) is 10.1 Å². The van der Waals surface area contributed by atoms with Crippen molar-refractivity contribution in [2.75, 3.05) is 0 Å². The Bertz CT molecular complexity index is 679. The van der Waals surface area contributed by atoms with E-state index in [2.05, 4.69) is 10.1 Å². The smallest absolute Gasteiger partial charge is 0.249 e. The first-order valence-electron chi connectivity index (χ1n) is 5.66. The average Bonchev–Trinajstić information content (AvgIpc) is 3.10. The van der Waals surface area contributed by atoms with Crippen molar-refractivity contribution in [3.8, 4) is 17.1 Å². The fraction of sp³-hybridized carbons (Fsp3) is 0.0769. The molecule has 19 heavy (non-hydrogen) atoms. The minimum absolute atomic E-state index is 0.159. The molecule has 6 heteroatoms. The van der Waals surface area contributed by atoms with Gasteiger partial charge in [-0.3, -0.25) is 0 Å². The predicted molar refractivity (Wildman–Crippen MR) is 71.7 cm³/mol. The average molecular weight is 273 g/mol. The molecule has 3 N–H and O–H groups in total. The molecule has 0 fully saturated rings. The van der Waals surface area contributed by atoms with Crippen LogP contribution in [0.4, 0.5) is 0 Å². The third kappa shape index (κ3) is 2.35. The zero-order chi connectivity index (χ0) is 13.2. The molecule has 2 aromatic heterocycles. The zero-order valence-electron chi connectivity index (χ0n) is 9.85. The Kier molecular flexibility index (Phi) is 3.02. The Hall–Kier alpha value is -2.18. The zero-order valence-corrected chi connectivity index (χ0v) is 10.7. The SMILES string of the molecule is NC(c1nc(-c2cccc(O)c2)no1)c1cccs1. The van der Waals surface area contributed by atoms with Crippen LogP contribution in [0.1, 0.15) is 16.8 Å². The van der Waals surface area contributed by atoms with Crippen LogP contribution >= 0.6 is 11.3 Å². The van der Waals surface area contributed by atoms with Crippen molar-refractivity contribution in [2.45, 2.75) is 6.04 Å². The van der Waals surface area contributed by atoms with E-state index in [9.17, 15) is 5.11 Å². The van der Waals surface area contributed by atoms with E-state index in [1.165, 1.54) is 0 Å².